The molecule has 0 heterocycles. The van der Waals surface area contributed by atoms with E-state index < -0.39 is 21.9 Å². The van der Waals surface area contributed by atoms with E-state index in [2.05, 4.69) is 4.72 Å². The van der Waals surface area contributed by atoms with Crippen molar-refractivity contribution in [3.05, 3.63) is 77.9 Å². The van der Waals surface area contributed by atoms with E-state index in [1.807, 2.05) is 36.4 Å². The maximum absolute atomic E-state index is 12.7. The fraction of sp³-hybridized carbons (Fsp3) is 0.190. The number of hydrogen-bond donors (Lipinski definition) is 2. The lowest BCUT2D eigenvalue weighted by molar-refractivity contribution is -0.138. The molecule has 0 spiro atoms. The Morgan fingerprint density at radius 2 is 1.67 bits per heavy atom. The third-order valence-corrected chi connectivity index (χ3v) is 5.72. The molecule has 3 aromatic carbocycles. The fourth-order valence-corrected chi connectivity index (χ4v) is 4.38. The number of carboxylic acids is 1. The van der Waals surface area contributed by atoms with Crippen molar-refractivity contribution >= 4 is 32.5 Å². The van der Waals surface area contributed by atoms with Crippen molar-refractivity contribution in [2.24, 2.45) is 0 Å². The minimum absolute atomic E-state index is 0.184. The summed E-state index contributed by atoms with van der Waals surface area (Å²) in [6, 6.07) is 19.9. The van der Waals surface area contributed by atoms with Gasteiger partial charge in [-0.3, -0.25) is 9.52 Å². The first kappa shape index (κ1) is 18.9. The van der Waals surface area contributed by atoms with Gasteiger partial charge in [0.1, 0.15) is 0 Å². The molecule has 3 aromatic rings. The summed E-state index contributed by atoms with van der Waals surface area (Å²) >= 11 is 0. The van der Waals surface area contributed by atoms with E-state index in [1.54, 1.807) is 37.3 Å². The van der Waals surface area contributed by atoms with Gasteiger partial charge in [-0.25, -0.2) is 8.42 Å². The lowest BCUT2D eigenvalue weighted by atomic mass is 9.95. The molecule has 0 fully saturated rings. The lowest BCUT2D eigenvalue weighted by Gasteiger charge is -2.17. The second-order valence-corrected chi connectivity index (χ2v) is 8.15. The average Bonchev–Trinajstić information content (AvgIpc) is 2.62. The first-order valence-electron chi connectivity index (χ1n) is 8.69. The zero-order chi connectivity index (χ0) is 19.4. The molecule has 0 unspecified atom stereocenters. The molecule has 27 heavy (non-hydrogen) atoms. The Morgan fingerprint density at radius 1 is 1.00 bits per heavy atom. The van der Waals surface area contributed by atoms with Crippen LogP contribution in [0.5, 0.6) is 0 Å². The van der Waals surface area contributed by atoms with Gasteiger partial charge < -0.3 is 5.11 Å². The molecule has 5 nitrogen and oxygen atoms in total. The minimum atomic E-state index is -3.69. The highest BCUT2D eigenvalue weighted by Gasteiger charge is 2.22. The van der Waals surface area contributed by atoms with Crippen LogP contribution in [-0.4, -0.2) is 19.5 Å². The number of carbonyl (C=O) groups is 1. The van der Waals surface area contributed by atoms with Crippen LogP contribution in [0.4, 0.5) is 5.69 Å². The minimum Gasteiger partial charge on any atom is -0.481 e. The highest BCUT2D eigenvalue weighted by atomic mass is 32.2. The standard InChI is InChI=1S/C21H21NO4S/c1-2-18(21(23)24)19-9-5-6-10-20(19)22-27(25,26)14-15-11-12-16-7-3-4-8-17(16)13-15/h3-13,18,22H,2,14H2,1H3,(H,23,24)/t18-/m1/s1. The van der Waals surface area contributed by atoms with Crippen LogP contribution in [-0.2, 0) is 20.6 Å². The van der Waals surface area contributed by atoms with Gasteiger partial charge in [0.05, 0.1) is 17.4 Å². The Labute approximate surface area is 158 Å². The van der Waals surface area contributed by atoms with Crippen LogP contribution in [0.1, 0.15) is 30.4 Å². The van der Waals surface area contributed by atoms with Gasteiger partial charge >= 0.3 is 5.97 Å². The van der Waals surface area contributed by atoms with Crippen LogP contribution in [0.2, 0.25) is 0 Å². The van der Waals surface area contributed by atoms with E-state index in [0.717, 1.165) is 10.8 Å². The Morgan fingerprint density at radius 3 is 2.37 bits per heavy atom. The van der Waals surface area contributed by atoms with Crippen LogP contribution < -0.4 is 4.72 Å². The van der Waals surface area contributed by atoms with Crippen molar-refractivity contribution in [3.63, 3.8) is 0 Å². The zero-order valence-electron chi connectivity index (χ0n) is 14.9. The van der Waals surface area contributed by atoms with E-state index in [1.165, 1.54) is 0 Å². The second-order valence-electron chi connectivity index (χ2n) is 6.43. The van der Waals surface area contributed by atoms with Crippen LogP contribution in [0.15, 0.2) is 66.7 Å². The smallest absolute Gasteiger partial charge is 0.311 e. The van der Waals surface area contributed by atoms with Crippen molar-refractivity contribution in [2.45, 2.75) is 25.0 Å². The molecular formula is C21H21NO4S. The van der Waals surface area contributed by atoms with Crippen molar-refractivity contribution < 1.29 is 18.3 Å². The van der Waals surface area contributed by atoms with Crippen molar-refractivity contribution in [1.29, 1.82) is 0 Å². The first-order valence-corrected chi connectivity index (χ1v) is 10.3. The van der Waals surface area contributed by atoms with Crippen molar-refractivity contribution in [3.8, 4) is 0 Å². The summed E-state index contributed by atoms with van der Waals surface area (Å²) in [6.45, 7) is 1.76. The van der Waals surface area contributed by atoms with Gasteiger partial charge in [-0.1, -0.05) is 67.6 Å². The monoisotopic (exact) mass is 383 g/mol. The van der Waals surface area contributed by atoms with E-state index >= 15 is 0 Å². The molecule has 0 saturated carbocycles. The summed E-state index contributed by atoms with van der Waals surface area (Å²) in [4.78, 5) is 11.5. The molecule has 3 rings (SSSR count). The summed E-state index contributed by atoms with van der Waals surface area (Å²) in [5, 5.41) is 11.4. The summed E-state index contributed by atoms with van der Waals surface area (Å²) in [5.41, 5.74) is 1.45. The maximum Gasteiger partial charge on any atom is 0.311 e. The van der Waals surface area contributed by atoms with Crippen LogP contribution in [0.25, 0.3) is 10.8 Å². The number of rotatable bonds is 7. The van der Waals surface area contributed by atoms with E-state index in [9.17, 15) is 18.3 Å². The number of nitrogens with one attached hydrogen (secondary N) is 1. The van der Waals surface area contributed by atoms with Crippen LogP contribution in [0.3, 0.4) is 0 Å². The Balaban J connectivity index is 1.87. The van der Waals surface area contributed by atoms with Gasteiger partial charge in [0.2, 0.25) is 10.0 Å². The Hall–Kier alpha value is -2.86. The largest absolute Gasteiger partial charge is 0.481 e. The molecule has 0 aliphatic heterocycles. The Kier molecular flexibility index (Phi) is 5.46. The predicted molar refractivity (Wildman–Crippen MR) is 107 cm³/mol. The molecule has 0 aromatic heterocycles. The molecule has 0 bridgehead atoms. The van der Waals surface area contributed by atoms with E-state index in [0.29, 0.717) is 23.2 Å². The number of carboxylic acid groups (broad SMARTS) is 1. The van der Waals surface area contributed by atoms with Gasteiger partial charge in [0, 0.05) is 0 Å². The Bertz CT molecular complexity index is 1080. The highest BCUT2D eigenvalue weighted by Crippen LogP contribution is 2.28. The number of sulfonamides is 1. The van der Waals surface area contributed by atoms with Crippen molar-refractivity contribution in [2.75, 3.05) is 4.72 Å². The number of aliphatic carboxylic acids is 1. The summed E-state index contributed by atoms with van der Waals surface area (Å²) in [5.74, 6) is -1.92. The topological polar surface area (TPSA) is 83.5 Å². The molecule has 0 aliphatic carbocycles. The summed E-state index contributed by atoms with van der Waals surface area (Å²) in [7, 11) is -3.69. The van der Waals surface area contributed by atoms with Crippen molar-refractivity contribution in [1.82, 2.24) is 0 Å². The first-order chi connectivity index (χ1) is 12.9. The van der Waals surface area contributed by atoms with Crippen LogP contribution >= 0.6 is 0 Å². The molecule has 0 radical (unpaired) electrons. The third-order valence-electron chi connectivity index (χ3n) is 4.48. The number of para-hydroxylation sites is 1. The molecule has 6 heteroatoms. The molecule has 0 aliphatic rings. The third kappa shape index (κ3) is 4.46. The van der Waals surface area contributed by atoms with Gasteiger partial charge in [-0.2, -0.15) is 0 Å². The number of benzene rings is 3. The number of fused-ring (bicyclic) bond motifs is 1. The summed E-state index contributed by atoms with van der Waals surface area (Å²) < 4.78 is 27.9. The number of anilines is 1. The number of hydrogen-bond acceptors (Lipinski definition) is 3. The fourth-order valence-electron chi connectivity index (χ4n) is 3.17. The predicted octanol–water partition coefficient (Wildman–Crippen LogP) is 4.36. The zero-order valence-corrected chi connectivity index (χ0v) is 15.7. The molecule has 0 amide bonds. The molecule has 140 valence electrons. The molecule has 2 N–H and O–H groups in total. The average molecular weight is 383 g/mol. The lowest BCUT2D eigenvalue weighted by Crippen LogP contribution is -2.19. The molecule has 0 saturated heterocycles. The molecular weight excluding hydrogens is 362 g/mol. The van der Waals surface area contributed by atoms with Gasteiger partial charge in [-0.05, 0) is 34.4 Å². The molecule has 1 atom stereocenters. The van der Waals surface area contributed by atoms with E-state index in [4.69, 9.17) is 0 Å². The highest BCUT2D eigenvalue weighted by molar-refractivity contribution is 7.91. The summed E-state index contributed by atoms with van der Waals surface area (Å²) in [6.07, 6.45) is 0.374. The van der Waals surface area contributed by atoms with Gasteiger partial charge in [0.25, 0.3) is 0 Å². The van der Waals surface area contributed by atoms with Gasteiger partial charge in [0.15, 0.2) is 0 Å². The normalized spacial score (nSPS) is 12.6. The quantitative estimate of drug-likeness (QED) is 0.635. The SMILES string of the molecule is CC[C@@H](C(=O)O)c1ccccc1NS(=O)(=O)Cc1ccc2ccccc2c1. The van der Waals surface area contributed by atoms with E-state index in [-0.39, 0.29) is 5.75 Å². The maximum atomic E-state index is 12.7. The van der Waals surface area contributed by atoms with Gasteiger partial charge in [-0.15, -0.1) is 0 Å². The van der Waals surface area contributed by atoms with Crippen LogP contribution in [0, 0.1) is 0 Å². The second kappa shape index (κ2) is 7.80.